The zero-order chi connectivity index (χ0) is 30.6. The molecular formula is C30H42N6O6. The normalized spacial score (nSPS) is 31.0. The molecule has 12 nitrogen and oxygen atoms in total. The number of hydrogen-bond donors (Lipinski definition) is 3. The first-order chi connectivity index (χ1) is 19.7. The van der Waals surface area contributed by atoms with Crippen molar-refractivity contribution in [1.29, 1.82) is 5.41 Å². The van der Waals surface area contributed by atoms with Crippen LogP contribution in [0.15, 0.2) is 18.3 Å². The number of anilines is 1. The predicted octanol–water partition coefficient (Wildman–Crippen LogP) is 2.97. The van der Waals surface area contributed by atoms with E-state index in [1.54, 1.807) is 35.1 Å². The number of nitrogens with zero attached hydrogens (tertiary/aromatic N) is 3. The molecule has 0 aromatic carbocycles. The van der Waals surface area contributed by atoms with Crippen LogP contribution in [0.3, 0.4) is 0 Å². The van der Waals surface area contributed by atoms with Crippen LogP contribution in [0.5, 0.6) is 5.75 Å². The van der Waals surface area contributed by atoms with Crippen LogP contribution in [0.4, 0.5) is 10.6 Å². The number of rotatable bonds is 4. The summed E-state index contributed by atoms with van der Waals surface area (Å²) in [5, 5.41) is 14.1. The van der Waals surface area contributed by atoms with Crippen molar-refractivity contribution in [2.45, 2.75) is 90.4 Å². The molecule has 4 aliphatic rings. The molecule has 228 valence electrons. The van der Waals surface area contributed by atoms with Crippen molar-refractivity contribution >= 4 is 35.3 Å². The molecule has 1 spiro atoms. The van der Waals surface area contributed by atoms with Crippen LogP contribution in [0, 0.1) is 22.2 Å². The second-order valence-electron chi connectivity index (χ2n) is 13.5. The summed E-state index contributed by atoms with van der Waals surface area (Å²) in [7, 11) is 1.25. The molecule has 3 aliphatic heterocycles. The number of carbonyl (C=O) groups is 4. The summed E-state index contributed by atoms with van der Waals surface area (Å²) in [6.45, 7) is 9.61. The number of aromatic nitrogens is 1. The maximum atomic E-state index is 14.8. The zero-order valence-electron chi connectivity index (χ0n) is 25.3. The van der Waals surface area contributed by atoms with Crippen LogP contribution >= 0.6 is 0 Å². The SMILES string of the molecule is COC(=O)N[C@H](C(=O)N1C[C@H]2CCCC[C@@]2(C)[C@@H]1C(=O)N1C[C@@]2(C[C@H]1C(C)=N)Oc1cccnc1NC2=O)C(C)(C)C. The van der Waals surface area contributed by atoms with Gasteiger partial charge >= 0.3 is 6.09 Å². The van der Waals surface area contributed by atoms with Crippen LogP contribution in [0.25, 0.3) is 0 Å². The van der Waals surface area contributed by atoms with E-state index in [0.29, 0.717) is 18.1 Å². The molecule has 1 aromatic rings. The highest BCUT2D eigenvalue weighted by molar-refractivity contribution is 6.03. The predicted molar refractivity (Wildman–Crippen MR) is 154 cm³/mol. The highest BCUT2D eigenvalue weighted by Gasteiger charge is 2.62. The molecule has 42 heavy (non-hydrogen) atoms. The van der Waals surface area contributed by atoms with E-state index >= 15 is 0 Å². The fraction of sp³-hybridized carbons (Fsp3) is 0.667. The van der Waals surface area contributed by atoms with E-state index < -0.39 is 46.6 Å². The lowest BCUT2D eigenvalue weighted by Crippen LogP contribution is -2.61. The molecular weight excluding hydrogens is 540 g/mol. The Balaban J connectivity index is 1.52. The number of alkyl carbamates (subject to hydrolysis) is 1. The fourth-order valence-electron chi connectivity index (χ4n) is 7.34. The van der Waals surface area contributed by atoms with Gasteiger partial charge in [0, 0.05) is 30.3 Å². The standard InChI is InChI=1S/C30H42N6O6/c1-17(31)19-14-30(26(39)34-23-20(42-30)11-9-13-32-23)16-36(19)25(38)22-29(5)12-8-7-10-18(29)15-35(22)24(37)21(28(2,3)4)33-27(40)41-6/h9,11,13,18-19,21-22,31H,7-8,10,12,14-16H2,1-6H3,(H,33,40)(H,32,34,39)/t18-,19+,21-,22+,29-,30-/m1/s1. The van der Waals surface area contributed by atoms with Gasteiger partial charge in [0.25, 0.3) is 5.91 Å². The van der Waals surface area contributed by atoms with E-state index in [1.165, 1.54) is 7.11 Å². The minimum Gasteiger partial charge on any atom is -0.472 e. The summed E-state index contributed by atoms with van der Waals surface area (Å²) < 4.78 is 11.1. The average Bonchev–Trinajstić information content (AvgIpc) is 3.47. The molecule has 3 N–H and O–H groups in total. The van der Waals surface area contributed by atoms with Gasteiger partial charge in [0.2, 0.25) is 17.4 Å². The van der Waals surface area contributed by atoms with E-state index in [4.69, 9.17) is 14.9 Å². The third kappa shape index (κ3) is 4.88. The van der Waals surface area contributed by atoms with Gasteiger partial charge in [0.1, 0.15) is 12.1 Å². The summed E-state index contributed by atoms with van der Waals surface area (Å²) in [5.41, 5.74) is -2.32. The quantitative estimate of drug-likeness (QED) is 0.461. The van der Waals surface area contributed by atoms with Gasteiger partial charge in [-0.05, 0) is 43.2 Å². The molecule has 2 saturated heterocycles. The van der Waals surface area contributed by atoms with Crippen LogP contribution in [0.2, 0.25) is 0 Å². The number of carbonyl (C=O) groups excluding carboxylic acids is 4. The Hall–Kier alpha value is -3.70. The maximum Gasteiger partial charge on any atom is 0.407 e. The molecule has 1 aliphatic carbocycles. The molecule has 4 heterocycles. The minimum atomic E-state index is -1.39. The lowest BCUT2D eigenvalue weighted by Gasteiger charge is -2.43. The minimum absolute atomic E-state index is 0.0602. The van der Waals surface area contributed by atoms with E-state index in [2.05, 4.69) is 22.5 Å². The third-order valence-corrected chi connectivity index (χ3v) is 9.71. The summed E-state index contributed by atoms with van der Waals surface area (Å²) in [6, 6.07) is 0.993. The van der Waals surface area contributed by atoms with Gasteiger partial charge in [-0.2, -0.15) is 0 Å². The number of nitrogens with one attached hydrogen (secondary N) is 3. The summed E-state index contributed by atoms with van der Waals surface area (Å²) in [6.07, 6.45) is 4.57. The van der Waals surface area contributed by atoms with E-state index in [1.807, 2.05) is 20.8 Å². The number of fused-ring (bicyclic) bond motifs is 2. The summed E-state index contributed by atoms with van der Waals surface area (Å²) in [4.78, 5) is 62.2. The van der Waals surface area contributed by atoms with Crippen molar-refractivity contribution in [1.82, 2.24) is 20.1 Å². The monoisotopic (exact) mass is 582 g/mol. The number of methoxy groups -OCH3 is 1. The van der Waals surface area contributed by atoms with E-state index in [9.17, 15) is 19.2 Å². The molecule has 1 saturated carbocycles. The van der Waals surface area contributed by atoms with Crippen LogP contribution in [0.1, 0.15) is 66.7 Å². The average molecular weight is 583 g/mol. The molecule has 0 unspecified atom stereocenters. The number of ether oxygens (including phenoxy) is 2. The van der Waals surface area contributed by atoms with Crippen LogP contribution in [-0.2, 0) is 19.1 Å². The molecule has 4 amide bonds. The smallest absolute Gasteiger partial charge is 0.407 e. The van der Waals surface area contributed by atoms with Gasteiger partial charge in [-0.15, -0.1) is 0 Å². The van der Waals surface area contributed by atoms with E-state index in [0.717, 1.165) is 25.7 Å². The van der Waals surface area contributed by atoms with Gasteiger partial charge in [0.05, 0.1) is 19.7 Å². The number of pyridine rings is 1. The molecule has 6 atom stereocenters. The first kappa shape index (κ1) is 29.8. The Morgan fingerprint density at radius 3 is 2.67 bits per heavy atom. The number of amides is 4. The van der Waals surface area contributed by atoms with Crippen LogP contribution < -0.4 is 15.4 Å². The van der Waals surface area contributed by atoms with Gasteiger partial charge < -0.3 is 35.3 Å². The van der Waals surface area contributed by atoms with Crippen molar-refractivity contribution in [3.8, 4) is 5.75 Å². The third-order valence-electron chi connectivity index (χ3n) is 9.71. The largest absolute Gasteiger partial charge is 0.472 e. The van der Waals surface area contributed by atoms with Gasteiger partial charge in [-0.1, -0.05) is 40.5 Å². The summed E-state index contributed by atoms with van der Waals surface area (Å²) >= 11 is 0. The Kier molecular flexibility index (Phi) is 7.47. The second kappa shape index (κ2) is 10.5. The van der Waals surface area contributed by atoms with Gasteiger partial charge in [-0.3, -0.25) is 14.4 Å². The molecule has 12 heteroatoms. The Bertz CT molecular complexity index is 1310. The lowest BCUT2D eigenvalue weighted by atomic mass is 9.66. The lowest BCUT2D eigenvalue weighted by molar-refractivity contribution is -0.150. The van der Waals surface area contributed by atoms with Crippen LogP contribution in [-0.4, -0.2) is 88.2 Å². The first-order valence-corrected chi connectivity index (χ1v) is 14.7. The van der Waals surface area contributed by atoms with Gasteiger partial charge in [-0.25, -0.2) is 9.78 Å². The highest BCUT2D eigenvalue weighted by Crippen LogP contribution is 2.52. The molecule has 1 aromatic heterocycles. The van der Waals surface area contributed by atoms with Crippen molar-refractivity contribution in [2.75, 3.05) is 25.5 Å². The zero-order valence-corrected chi connectivity index (χ0v) is 25.3. The maximum absolute atomic E-state index is 14.8. The topological polar surface area (TPSA) is 154 Å². The van der Waals surface area contributed by atoms with Crippen molar-refractivity contribution in [2.24, 2.45) is 16.7 Å². The second-order valence-corrected chi connectivity index (χ2v) is 13.5. The molecule has 0 radical (unpaired) electrons. The first-order valence-electron chi connectivity index (χ1n) is 14.7. The Labute approximate surface area is 246 Å². The van der Waals surface area contributed by atoms with Crippen molar-refractivity contribution in [3.63, 3.8) is 0 Å². The molecule has 5 rings (SSSR count). The van der Waals surface area contributed by atoms with Crippen molar-refractivity contribution in [3.05, 3.63) is 18.3 Å². The van der Waals surface area contributed by atoms with Crippen molar-refractivity contribution < 1.29 is 28.7 Å². The van der Waals surface area contributed by atoms with Gasteiger partial charge in [0.15, 0.2) is 11.6 Å². The Morgan fingerprint density at radius 2 is 2.00 bits per heavy atom. The number of hydrogen-bond acceptors (Lipinski definition) is 8. The fourth-order valence-corrected chi connectivity index (χ4v) is 7.34. The van der Waals surface area contributed by atoms with E-state index in [-0.39, 0.29) is 36.4 Å². The molecule has 0 bridgehead atoms. The highest BCUT2D eigenvalue weighted by atomic mass is 16.5. The summed E-state index contributed by atoms with van der Waals surface area (Å²) in [5.74, 6) is -0.227. The number of likely N-dealkylation sites (tertiary alicyclic amines) is 2. The molecule has 3 fully saturated rings. The Morgan fingerprint density at radius 1 is 1.26 bits per heavy atom.